The van der Waals surface area contributed by atoms with E-state index in [-0.39, 0.29) is 42.7 Å². The fourth-order valence-corrected chi connectivity index (χ4v) is 3.04. The lowest BCUT2D eigenvalue weighted by atomic mass is 10.1. The molecule has 3 N–H and O–H groups in total. The molecule has 2 atom stereocenters. The van der Waals surface area contributed by atoms with Crippen LogP contribution in [0.5, 0.6) is 0 Å². The number of benzene rings is 1. The van der Waals surface area contributed by atoms with Crippen LogP contribution in [0, 0.1) is 5.92 Å². The third-order valence-electron chi connectivity index (χ3n) is 4.33. The Labute approximate surface area is 154 Å². The molecule has 1 aromatic carbocycles. The first-order valence-electron chi connectivity index (χ1n) is 7.78. The quantitative estimate of drug-likeness (QED) is 0.848. The van der Waals surface area contributed by atoms with Gasteiger partial charge in [-0.25, -0.2) is 4.98 Å². The number of halogens is 2. The fraction of sp³-hybridized carbons (Fsp3) is 0.412. The summed E-state index contributed by atoms with van der Waals surface area (Å²) in [6.45, 7) is 1.33. The Morgan fingerprint density at radius 3 is 2.62 bits per heavy atom. The molecular weight excluding hydrogens is 347 g/mol. The molecule has 132 valence electrons. The molecule has 5 nitrogen and oxygen atoms in total. The van der Waals surface area contributed by atoms with Gasteiger partial charge in [-0.1, -0.05) is 24.3 Å². The van der Waals surface area contributed by atoms with Crippen molar-refractivity contribution in [1.82, 2.24) is 14.9 Å². The molecule has 0 radical (unpaired) electrons. The standard InChI is InChI=1S/C17H22N4O.2ClH/c18-16-6-5-13(9-16)17(22)20-10-14-3-1-2-4-15(14)11-21-8-7-19-12-21;;/h1-4,7-8,12-13,16H,5-6,9-11,18H2,(H,20,22);2*1H. The average Bonchev–Trinajstić information content (AvgIpc) is 3.18. The fourth-order valence-electron chi connectivity index (χ4n) is 3.04. The SMILES string of the molecule is Cl.Cl.NC1CCC(C(=O)NCc2ccccc2Cn2ccnc2)C1. The third kappa shape index (κ3) is 5.23. The highest BCUT2D eigenvalue weighted by Crippen LogP contribution is 2.24. The van der Waals surface area contributed by atoms with Crippen molar-refractivity contribution in [1.29, 1.82) is 0 Å². The molecule has 0 saturated heterocycles. The van der Waals surface area contributed by atoms with Crippen LogP contribution in [0.3, 0.4) is 0 Å². The second-order valence-electron chi connectivity index (χ2n) is 5.99. The number of nitrogens with zero attached hydrogens (tertiary/aromatic N) is 2. The summed E-state index contributed by atoms with van der Waals surface area (Å²) in [7, 11) is 0. The lowest BCUT2D eigenvalue weighted by Gasteiger charge is -2.14. The summed E-state index contributed by atoms with van der Waals surface area (Å²) in [6, 6.07) is 8.36. The second-order valence-corrected chi connectivity index (χ2v) is 5.99. The highest BCUT2D eigenvalue weighted by atomic mass is 35.5. The van der Waals surface area contributed by atoms with Gasteiger partial charge in [0.15, 0.2) is 0 Å². The predicted molar refractivity (Wildman–Crippen MR) is 99.4 cm³/mol. The van der Waals surface area contributed by atoms with Crippen molar-refractivity contribution in [2.75, 3.05) is 0 Å². The molecule has 1 amide bonds. The minimum absolute atomic E-state index is 0. The molecule has 1 aromatic heterocycles. The van der Waals surface area contributed by atoms with Gasteiger partial charge >= 0.3 is 0 Å². The van der Waals surface area contributed by atoms with Gasteiger partial charge < -0.3 is 15.6 Å². The Morgan fingerprint density at radius 2 is 2.00 bits per heavy atom. The summed E-state index contributed by atoms with van der Waals surface area (Å²) in [5, 5.41) is 3.06. The molecule has 1 aliphatic rings. The molecular formula is C17H24Cl2N4O. The van der Waals surface area contributed by atoms with E-state index in [1.165, 1.54) is 5.56 Å². The number of imidazole rings is 1. The van der Waals surface area contributed by atoms with E-state index in [1.807, 2.05) is 22.9 Å². The molecule has 1 saturated carbocycles. The van der Waals surface area contributed by atoms with Crippen LogP contribution in [0.4, 0.5) is 0 Å². The maximum Gasteiger partial charge on any atom is 0.223 e. The summed E-state index contributed by atoms with van der Waals surface area (Å²) < 4.78 is 2.02. The zero-order chi connectivity index (χ0) is 15.4. The topological polar surface area (TPSA) is 72.9 Å². The number of carbonyl (C=O) groups excluding carboxylic acids is 1. The van der Waals surface area contributed by atoms with Crippen molar-refractivity contribution in [3.63, 3.8) is 0 Å². The molecule has 0 spiro atoms. The lowest BCUT2D eigenvalue weighted by Crippen LogP contribution is -2.30. The first-order valence-corrected chi connectivity index (χ1v) is 7.78. The number of rotatable bonds is 5. The highest BCUT2D eigenvalue weighted by Gasteiger charge is 2.27. The Hall–Kier alpha value is -1.56. The minimum Gasteiger partial charge on any atom is -0.352 e. The first-order chi connectivity index (χ1) is 10.7. The molecule has 1 aliphatic carbocycles. The molecule has 0 bridgehead atoms. The van der Waals surface area contributed by atoms with Crippen molar-refractivity contribution in [2.24, 2.45) is 11.7 Å². The summed E-state index contributed by atoms with van der Waals surface area (Å²) in [4.78, 5) is 16.3. The number of carbonyl (C=O) groups is 1. The number of nitrogens with one attached hydrogen (secondary N) is 1. The molecule has 24 heavy (non-hydrogen) atoms. The van der Waals surface area contributed by atoms with Gasteiger partial charge in [0.1, 0.15) is 0 Å². The smallest absolute Gasteiger partial charge is 0.223 e. The van der Waals surface area contributed by atoms with Gasteiger partial charge in [-0.3, -0.25) is 4.79 Å². The number of amides is 1. The highest BCUT2D eigenvalue weighted by molar-refractivity contribution is 5.85. The largest absolute Gasteiger partial charge is 0.352 e. The van der Waals surface area contributed by atoms with Crippen molar-refractivity contribution >= 4 is 30.7 Å². The van der Waals surface area contributed by atoms with Crippen molar-refractivity contribution in [3.05, 3.63) is 54.1 Å². The van der Waals surface area contributed by atoms with Crippen LogP contribution in [-0.4, -0.2) is 21.5 Å². The van der Waals surface area contributed by atoms with Crippen LogP contribution in [0.1, 0.15) is 30.4 Å². The molecule has 1 heterocycles. The molecule has 7 heteroatoms. The zero-order valence-electron chi connectivity index (χ0n) is 13.4. The summed E-state index contributed by atoms with van der Waals surface area (Å²) in [5.41, 5.74) is 8.22. The Balaban J connectivity index is 0.00000144. The van der Waals surface area contributed by atoms with E-state index < -0.39 is 0 Å². The van der Waals surface area contributed by atoms with Crippen LogP contribution in [-0.2, 0) is 17.9 Å². The molecule has 0 aliphatic heterocycles. The van der Waals surface area contributed by atoms with Crippen LogP contribution < -0.4 is 11.1 Å². The Bertz CT molecular complexity index is 633. The van der Waals surface area contributed by atoms with Crippen LogP contribution in [0.2, 0.25) is 0 Å². The van der Waals surface area contributed by atoms with E-state index in [4.69, 9.17) is 5.73 Å². The van der Waals surface area contributed by atoms with Gasteiger partial charge in [-0.05, 0) is 30.4 Å². The van der Waals surface area contributed by atoms with Gasteiger partial charge in [0.25, 0.3) is 0 Å². The van der Waals surface area contributed by atoms with Gasteiger partial charge in [0.05, 0.1) is 6.33 Å². The normalized spacial score (nSPS) is 19.2. The lowest BCUT2D eigenvalue weighted by molar-refractivity contribution is -0.125. The van der Waals surface area contributed by atoms with E-state index in [0.717, 1.165) is 31.4 Å². The molecule has 3 rings (SSSR count). The first kappa shape index (κ1) is 20.5. The van der Waals surface area contributed by atoms with Gasteiger partial charge in [0.2, 0.25) is 5.91 Å². The van der Waals surface area contributed by atoms with Gasteiger partial charge in [-0.15, -0.1) is 24.8 Å². The number of hydrogen-bond donors (Lipinski definition) is 2. The summed E-state index contributed by atoms with van der Waals surface area (Å²) in [6.07, 6.45) is 8.18. The van der Waals surface area contributed by atoms with E-state index in [1.54, 1.807) is 12.5 Å². The number of hydrogen-bond acceptors (Lipinski definition) is 3. The number of aromatic nitrogens is 2. The Kier molecular flexibility index (Phi) is 8.25. The van der Waals surface area contributed by atoms with Gasteiger partial charge in [-0.2, -0.15) is 0 Å². The average molecular weight is 371 g/mol. The van der Waals surface area contributed by atoms with E-state index in [0.29, 0.717) is 6.54 Å². The number of nitrogens with two attached hydrogens (primary N) is 1. The van der Waals surface area contributed by atoms with E-state index in [2.05, 4.69) is 22.4 Å². The second kappa shape index (κ2) is 9.67. The maximum absolute atomic E-state index is 12.2. The van der Waals surface area contributed by atoms with Gasteiger partial charge in [0, 0.05) is 37.4 Å². The summed E-state index contributed by atoms with van der Waals surface area (Å²) >= 11 is 0. The maximum atomic E-state index is 12.2. The van der Waals surface area contributed by atoms with Crippen molar-refractivity contribution in [3.8, 4) is 0 Å². The van der Waals surface area contributed by atoms with Crippen molar-refractivity contribution < 1.29 is 4.79 Å². The predicted octanol–water partition coefficient (Wildman–Crippen LogP) is 2.52. The minimum atomic E-state index is 0. The summed E-state index contributed by atoms with van der Waals surface area (Å²) in [5.74, 6) is 0.209. The Morgan fingerprint density at radius 1 is 1.25 bits per heavy atom. The zero-order valence-corrected chi connectivity index (χ0v) is 15.1. The monoisotopic (exact) mass is 370 g/mol. The third-order valence-corrected chi connectivity index (χ3v) is 4.33. The van der Waals surface area contributed by atoms with E-state index in [9.17, 15) is 4.79 Å². The molecule has 2 unspecified atom stereocenters. The molecule has 1 fully saturated rings. The molecule has 2 aromatic rings. The van der Waals surface area contributed by atoms with Crippen molar-refractivity contribution in [2.45, 2.75) is 38.4 Å². The van der Waals surface area contributed by atoms with Crippen LogP contribution in [0.25, 0.3) is 0 Å². The van der Waals surface area contributed by atoms with Crippen LogP contribution in [0.15, 0.2) is 43.0 Å². The van der Waals surface area contributed by atoms with E-state index >= 15 is 0 Å². The van der Waals surface area contributed by atoms with Crippen LogP contribution >= 0.6 is 24.8 Å².